The summed E-state index contributed by atoms with van der Waals surface area (Å²) >= 11 is -0.0992. The van der Waals surface area contributed by atoms with Crippen molar-refractivity contribution >= 4 is 41.0 Å². The second kappa shape index (κ2) is 11.4. The molecular weight excluding hydrogens is 380 g/mol. The zero-order chi connectivity index (χ0) is 16.6. The first-order chi connectivity index (χ1) is 11.8. The van der Waals surface area contributed by atoms with Gasteiger partial charge < -0.3 is 0 Å². The summed E-state index contributed by atoms with van der Waals surface area (Å²) in [5, 5.41) is 0. The summed E-state index contributed by atoms with van der Waals surface area (Å²) in [7, 11) is 0. The van der Waals surface area contributed by atoms with E-state index in [4.69, 9.17) is 0 Å². The SMILES string of the molecule is Br.CCCCCC1CC[CH]([Mg][c]2ccc(-c3ccccc3)cc2)CC1. The average Bonchev–Trinajstić information content (AvgIpc) is 2.65. The van der Waals surface area contributed by atoms with E-state index in [2.05, 4.69) is 61.5 Å². The van der Waals surface area contributed by atoms with Gasteiger partial charge in [-0.3, -0.25) is 0 Å². The molecule has 2 aromatic rings. The fourth-order valence-corrected chi connectivity index (χ4v) is 6.26. The largest absolute Gasteiger partial charge is 0.412 e. The lowest BCUT2D eigenvalue weighted by atomic mass is 9.85. The van der Waals surface area contributed by atoms with Crippen LogP contribution in [0.5, 0.6) is 0 Å². The van der Waals surface area contributed by atoms with Crippen molar-refractivity contribution in [2.75, 3.05) is 0 Å². The molecule has 0 heterocycles. The number of rotatable bonds is 7. The summed E-state index contributed by atoms with van der Waals surface area (Å²) < 4.78 is 2.71. The third kappa shape index (κ3) is 6.73. The van der Waals surface area contributed by atoms with Gasteiger partial charge in [-0.1, -0.05) is 113 Å². The van der Waals surface area contributed by atoms with Crippen molar-refractivity contribution in [2.45, 2.75) is 62.3 Å². The second-order valence-corrected chi connectivity index (χ2v) is 10.0. The van der Waals surface area contributed by atoms with Gasteiger partial charge >= 0.3 is 20.4 Å². The fourth-order valence-electron chi connectivity index (χ4n) is 4.20. The number of hydrogen-bond acceptors (Lipinski definition) is 0. The molecule has 2 heteroatoms. The van der Waals surface area contributed by atoms with Gasteiger partial charge in [0.05, 0.1) is 0 Å². The zero-order valence-corrected chi connectivity index (χ0v) is 18.8. The van der Waals surface area contributed by atoms with Gasteiger partial charge in [0, 0.05) is 0 Å². The van der Waals surface area contributed by atoms with Crippen LogP contribution in [-0.2, 0) is 0 Å². The normalized spacial score (nSPS) is 19.7. The predicted octanol–water partition coefficient (Wildman–Crippen LogP) is 6.82. The van der Waals surface area contributed by atoms with Crippen LogP contribution < -0.4 is 3.69 Å². The Hall–Kier alpha value is -0.314. The maximum atomic E-state index is 2.40. The number of unbranched alkanes of at least 4 members (excludes halogenated alkanes) is 2. The van der Waals surface area contributed by atoms with Crippen molar-refractivity contribution in [1.82, 2.24) is 0 Å². The van der Waals surface area contributed by atoms with Crippen LogP contribution in [0.25, 0.3) is 11.1 Å². The molecule has 1 aliphatic rings. The Labute approximate surface area is 174 Å². The van der Waals surface area contributed by atoms with Crippen molar-refractivity contribution in [3.63, 3.8) is 0 Å². The first-order valence-electron chi connectivity index (χ1n) is 9.99. The fraction of sp³-hybridized carbons (Fsp3) is 0.478. The van der Waals surface area contributed by atoms with E-state index in [0.29, 0.717) is 0 Å². The molecule has 0 radical (unpaired) electrons. The Morgan fingerprint density at radius 1 is 0.800 bits per heavy atom. The lowest BCUT2D eigenvalue weighted by Gasteiger charge is -2.28. The van der Waals surface area contributed by atoms with E-state index in [9.17, 15) is 0 Å². The molecule has 1 aliphatic carbocycles. The molecule has 1 fully saturated rings. The van der Waals surface area contributed by atoms with E-state index in [1.165, 1.54) is 62.5 Å². The Kier molecular flexibility index (Phi) is 9.58. The minimum absolute atomic E-state index is 0. The third-order valence-electron chi connectivity index (χ3n) is 5.77. The lowest BCUT2D eigenvalue weighted by molar-refractivity contribution is 0.329. The first kappa shape index (κ1) is 21.0. The molecule has 0 N–H and O–H groups in total. The summed E-state index contributed by atoms with van der Waals surface area (Å²) in [5.74, 6) is 1.04. The van der Waals surface area contributed by atoms with Crippen molar-refractivity contribution in [3.8, 4) is 11.1 Å². The highest BCUT2D eigenvalue weighted by Gasteiger charge is 2.22. The first-order valence-corrected chi connectivity index (χ1v) is 11.5. The molecule has 0 nitrogen and oxygen atoms in total. The van der Waals surface area contributed by atoms with Crippen LogP contribution in [0.2, 0.25) is 4.05 Å². The minimum atomic E-state index is -0.0992. The standard InChI is InChI=1S/C12H9.C11H21.BrH.Mg/c1-3-7-11(8-4-1)12-9-5-2-6-10-12;1-2-3-5-8-11-9-6-4-7-10-11;;/h1,3-10H;4,11H,2-3,5-10H2,1H3;1H;. The van der Waals surface area contributed by atoms with Gasteiger partial charge in [0.2, 0.25) is 0 Å². The van der Waals surface area contributed by atoms with Crippen LogP contribution in [0.15, 0.2) is 54.6 Å². The molecular formula is C23H31BrMg. The van der Waals surface area contributed by atoms with E-state index < -0.39 is 0 Å². The Bertz CT molecular complexity index is 585. The maximum Gasteiger partial charge on any atom is 0.412 e. The van der Waals surface area contributed by atoms with Crippen molar-refractivity contribution in [3.05, 3.63) is 54.6 Å². The molecule has 0 aliphatic heterocycles. The summed E-state index contributed by atoms with van der Waals surface area (Å²) in [5.41, 5.74) is 2.69. The van der Waals surface area contributed by atoms with Gasteiger partial charge in [-0.05, 0) is 17.0 Å². The Balaban J connectivity index is 0.00000225. The summed E-state index contributed by atoms with van der Waals surface area (Å²) in [6, 6.07) is 20.2. The van der Waals surface area contributed by atoms with Crippen LogP contribution in [0.1, 0.15) is 58.3 Å². The quantitative estimate of drug-likeness (QED) is 0.346. The third-order valence-corrected chi connectivity index (χ3v) is 8.10. The van der Waals surface area contributed by atoms with Gasteiger partial charge in [-0.25, -0.2) is 0 Å². The highest BCUT2D eigenvalue weighted by atomic mass is 79.9. The highest BCUT2D eigenvalue weighted by Crippen LogP contribution is 2.34. The van der Waals surface area contributed by atoms with Gasteiger partial charge in [0.25, 0.3) is 0 Å². The molecule has 0 spiro atoms. The second-order valence-electron chi connectivity index (χ2n) is 7.65. The number of benzene rings is 2. The van der Waals surface area contributed by atoms with Crippen LogP contribution in [0, 0.1) is 5.92 Å². The average molecular weight is 412 g/mol. The molecule has 0 saturated heterocycles. The minimum Gasteiger partial charge on any atom is -0.173 e. The molecule has 3 rings (SSSR count). The molecule has 25 heavy (non-hydrogen) atoms. The van der Waals surface area contributed by atoms with Crippen molar-refractivity contribution in [2.24, 2.45) is 5.92 Å². The number of halogens is 1. The monoisotopic (exact) mass is 410 g/mol. The molecule has 2 aromatic carbocycles. The Morgan fingerprint density at radius 2 is 1.44 bits per heavy atom. The van der Waals surface area contributed by atoms with Gasteiger partial charge in [0.1, 0.15) is 0 Å². The van der Waals surface area contributed by atoms with E-state index >= 15 is 0 Å². The smallest absolute Gasteiger partial charge is 0.173 e. The topological polar surface area (TPSA) is 0 Å². The van der Waals surface area contributed by atoms with Crippen molar-refractivity contribution in [1.29, 1.82) is 0 Å². The highest BCUT2D eigenvalue weighted by molar-refractivity contribution is 8.93. The van der Waals surface area contributed by atoms with Gasteiger partial charge in [-0.15, -0.1) is 21.0 Å². The van der Waals surface area contributed by atoms with Crippen LogP contribution in [0.4, 0.5) is 0 Å². The Morgan fingerprint density at radius 3 is 2.08 bits per heavy atom. The number of hydrogen-bond donors (Lipinski definition) is 0. The summed E-state index contributed by atoms with van der Waals surface area (Å²) in [6.45, 7) is 2.31. The van der Waals surface area contributed by atoms with E-state index in [0.717, 1.165) is 9.97 Å². The molecule has 0 bridgehead atoms. The van der Waals surface area contributed by atoms with Gasteiger partial charge in [-0.2, -0.15) is 3.69 Å². The van der Waals surface area contributed by atoms with E-state index in [1.807, 2.05) is 0 Å². The van der Waals surface area contributed by atoms with E-state index in [1.54, 1.807) is 3.69 Å². The van der Waals surface area contributed by atoms with E-state index in [-0.39, 0.29) is 37.3 Å². The van der Waals surface area contributed by atoms with Gasteiger partial charge in [0.15, 0.2) is 0 Å². The maximum absolute atomic E-state index is 2.40. The molecule has 0 amide bonds. The van der Waals surface area contributed by atoms with Crippen LogP contribution in [-0.4, -0.2) is 20.4 Å². The molecule has 0 unspecified atom stereocenters. The van der Waals surface area contributed by atoms with Crippen LogP contribution >= 0.6 is 17.0 Å². The lowest BCUT2D eigenvalue weighted by Crippen LogP contribution is -2.23. The molecule has 0 atom stereocenters. The predicted molar refractivity (Wildman–Crippen MR) is 117 cm³/mol. The van der Waals surface area contributed by atoms with Crippen molar-refractivity contribution < 1.29 is 0 Å². The van der Waals surface area contributed by atoms with Crippen LogP contribution in [0.3, 0.4) is 0 Å². The summed E-state index contributed by atoms with van der Waals surface area (Å²) in [6.07, 6.45) is 11.8. The molecule has 132 valence electrons. The zero-order valence-electron chi connectivity index (χ0n) is 15.6. The summed E-state index contributed by atoms with van der Waals surface area (Å²) in [4.78, 5) is 0. The molecule has 1 saturated carbocycles. The molecule has 0 aromatic heterocycles.